The summed E-state index contributed by atoms with van der Waals surface area (Å²) in [7, 11) is 0. The first-order valence-electron chi connectivity index (χ1n) is 3.26. The average Bonchev–Trinajstić information content (AvgIpc) is 1.93. The molecular weight excluding hydrogens is 282 g/mol. The van der Waals surface area contributed by atoms with Crippen molar-refractivity contribution in [3.63, 3.8) is 0 Å². The summed E-state index contributed by atoms with van der Waals surface area (Å²) in [6, 6.07) is 0. The fourth-order valence-corrected chi connectivity index (χ4v) is 2.41. The van der Waals surface area contributed by atoms with Crippen LogP contribution in [0.3, 0.4) is 0 Å². The van der Waals surface area contributed by atoms with Crippen molar-refractivity contribution in [3.8, 4) is 0 Å². The highest BCUT2D eigenvalue weighted by Gasteiger charge is 2.27. The zero-order chi connectivity index (χ0) is 7.72. The van der Waals surface area contributed by atoms with E-state index in [0.29, 0.717) is 5.92 Å². The quantitative estimate of drug-likeness (QED) is 0.473. The van der Waals surface area contributed by atoms with Crippen LogP contribution in [-0.2, 0) is 0 Å². The molecule has 0 aromatic rings. The Labute approximate surface area is 85.1 Å². The van der Waals surface area contributed by atoms with Gasteiger partial charge in [0.1, 0.15) is 0 Å². The zero-order valence-corrected chi connectivity index (χ0v) is 9.32. The SMILES string of the molecule is C[C@H]1C(I)=CC[C@@H](Cl)[C@H]1Cl. The minimum Gasteiger partial charge on any atom is -0.121 e. The molecule has 3 atom stereocenters. The summed E-state index contributed by atoms with van der Waals surface area (Å²) in [5.74, 6) is 0.429. The lowest BCUT2D eigenvalue weighted by Crippen LogP contribution is -2.26. The van der Waals surface area contributed by atoms with Crippen LogP contribution < -0.4 is 0 Å². The lowest BCUT2D eigenvalue weighted by Gasteiger charge is -2.26. The van der Waals surface area contributed by atoms with Crippen molar-refractivity contribution in [3.05, 3.63) is 9.66 Å². The van der Waals surface area contributed by atoms with Crippen molar-refractivity contribution >= 4 is 45.8 Å². The van der Waals surface area contributed by atoms with Crippen LogP contribution >= 0.6 is 45.8 Å². The van der Waals surface area contributed by atoms with Crippen LogP contribution in [0, 0.1) is 5.92 Å². The van der Waals surface area contributed by atoms with E-state index >= 15 is 0 Å². The monoisotopic (exact) mass is 290 g/mol. The topological polar surface area (TPSA) is 0 Å². The van der Waals surface area contributed by atoms with Gasteiger partial charge in [0.25, 0.3) is 0 Å². The van der Waals surface area contributed by atoms with Gasteiger partial charge in [-0.25, -0.2) is 0 Å². The Morgan fingerprint density at radius 2 is 2.20 bits per heavy atom. The van der Waals surface area contributed by atoms with Crippen LogP contribution in [0.15, 0.2) is 9.66 Å². The van der Waals surface area contributed by atoms with Gasteiger partial charge in [0, 0.05) is 5.92 Å². The zero-order valence-electron chi connectivity index (χ0n) is 5.65. The van der Waals surface area contributed by atoms with Gasteiger partial charge in [-0.2, -0.15) is 0 Å². The van der Waals surface area contributed by atoms with Crippen LogP contribution in [0.4, 0.5) is 0 Å². The minimum atomic E-state index is 0.110. The van der Waals surface area contributed by atoms with Gasteiger partial charge in [-0.1, -0.05) is 13.0 Å². The molecule has 0 N–H and O–H groups in total. The van der Waals surface area contributed by atoms with Gasteiger partial charge in [-0.15, -0.1) is 23.2 Å². The molecule has 0 bridgehead atoms. The molecule has 0 amide bonds. The Morgan fingerprint density at radius 3 is 2.70 bits per heavy atom. The third-order valence-corrected chi connectivity index (χ3v) is 4.48. The molecule has 1 rings (SSSR count). The molecule has 0 unspecified atom stereocenters. The molecule has 0 fully saturated rings. The molecule has 3 heteroatoms. The second kappa shape index (κ2) is 3.63. The second-order valence-corrected chi connectivity index (χ2v) is 4.88. The lowest BCUT2D eigenvalue weighted by atomic mass is 9.97. The minimum absolute atomic E-state index is 0.110. The summed E-state index contributed by atoms with van der Waals surface area (Å²) in [4.78, 5) is 0. The van der Waals surface area contributed by atoms with E-state index in [9.17, 15) is 0 Å². The number of hydrogen-bond acceptors (Lipinski definition) is 0. The third-order valence-electron chi connectivity index (χ3n) is 1.80. The summed E-state index contributed by atoms with van der Waals surface area (Å²) >= 11 is 14.3. The molecule has 58 valence electrons. The van der Waals surface area contributed by atoms with Crippen LogP contribution in [0.25, 0.3) is 0 Å². The van der Waals surface area contributed by atoms with Crippen molar-refractivity contribution in [1.29, 1.82) is 0 Å². The van der Waals surface area contributed by atoms with Crippen molar-refractivity contribution < 1.29 is 0 Å². The fourth-order valence-electron chi connectivity index (χ4n) is 1.01. The molecule has 0 aliphatic heterocycles. The standard InChI is InChI=1S/C7H9Cl2I/c1-4-6(10)3-2-5(8)7(4)9/h3-5,7H,2H2,1H3/t4-,5+,7-/m0/s1. The first kappa shape index (κ1) is 9.14. The van der Waals surface area contributed by atoms with Crippen molar-refractivity contribution in [2.24, 2.45) is 5.92 Å². The Kier molecular flexibility index (Phi) is 3.32. The molecular formula is C7H9Cl2I. The molecule has 0 aromatic carbocycles. The van der Waals surface area contributed by atoms with E-state index < -0.39 is 0 Å². The summed E-state index contributed by atoms with van der Waals surface area (Å²) in [5.41, 5.74) is 0. The summed E-state index contributed by atoms with van der Waals surface area (Å²) in [6.07, 6.45) is 3.08. The number of halogens is 3. The highest BCUT2D eigenvalue weighted by atomic mass is 127. The van der Waals surface area contributed by atoms with E-state index in [1.807, 2.05) is 0 Å². The predicted molar refractivity (Wildman–Crippen MR) is 55.2 cm³/mol. The van der Waals surface area contributed by atoms with E-state index in [1.54, 1.807) is 0 Å². The molecule has 1 aliphatic carbocycles. The van der Waals surface area contributed by atoms with Crippen LogP contribution in [-0.4, -0.2) is 10.8 Å². The highest BCUT2D eigenvalue weighted by Crippen LogP contribution is 2.35. The van der Waals surface area contributed by atoms with Gasteiger partial charge in [-0.05, 0) is 32.6 Å². The molecule has 10 heavy (non-hydrogen) atoms. The highest BCUT2D eigenvalue weighted by molar-refractivity contribution is 14.1. The molecule has 0 nitrogen and oxygen atoms in total. The van der Waals surface area contributed by atoms with E-state index in [2.05, 4.69) is 35.6 Å². The van der Waals surface area contributed by atoms with Crippen LogP contribution in [0.5, 0.6) is 0 Å². The molecule has 1 aliphatic rings. The van der Waals surface area contributed by atoms with E-state index in [4.69, 9.17) is 23.2 Å². The molecule has 0 saturated carbocycles. The Balaban J connectivity index is 2.71. The number of hydrogen-bond donors (Lipinski definition) is 0. The second-order valence-electron chi connectivity index (χ2n) is 2.57. The predicted octanol–water partition coefficient (Wildman–Crippen LogP) is 3.56. The van der Waals surface area contributed by atoms with Gasteiger partial charge in [0.05, 0.1) is 10.8 Å². The van der Waals surface area contributed by atoms with Crippen molar-refractivity contribution in [2.45, 2.75) is 24.1 Å². The van der Waals surface area contributed by atoms with E-state index in [1.165, 1.54) is 3.58 Å². The van der Waals surface area contributed by atoms with Crippen LogP contribution in [0.2, 0.25) is 0 Å². The largest absolute Gasteiger partial charge is 0.121 e. The van der Waals surface area contributed by atoms with E-state index in [0.717, 1.165) is 6.42 Å². The summed E-state index contributed by atoms with van der Waals surface area (Å²) in [5, 5.41) is 0.230. The smallest absolute Gasteiger partial charge is 0.0572 e. The van der Waals surface area contributed by atoms with Crippen molar-refractivity contribution in [2.75, 3.05) is 0 Å². The maximum absolute atomic E-state index is 6.03. The van der Waals surface area contributed by atoms with E-state index in [-0.39, 0.29) is 10.8 Å². The van der Waals surface area contributed by atoms with Gasteiger partial charge in [0.15, 0.2) is 0 Å². The van der Waals surface area contributed by atoms with Gasteiger partial charge >= 0.3 is 0 Å². The third kappa shape index (κ3) is 1.80. The Morgan fingerprint density at radius 1 is 1.60 bits per heavy atom. The molecule has 0 aromatic heterocycles. The molecule has 0 spiro atoms. The van der Waals surface area contributed by atoms with Gasteiger partial charge in [-0.3, -0.25) is 0 Å². The maximum Gasteiger partial charge on any atom is 0.0572 e. The molecule has 0 radical (unpaired) electrons. The fraction of sp³-hybridized carbons (Fsp3) is 0.714. The molecule has 0 saturated heterocycles. The Bertz CT molecular complexity index is 156. The first-order chi connectivity index (χ1) is 4.63. The van der Waals surface area contributed by atoms with Gasteiger partial charge in [0.2, 0.25) is 0 Å². The summed E-state index contributed by atoms with van der Waals surface area (Å²) in [6.45, 7) is 2.12. The number of allylic oxidation sites excluding steroid dienone is 2. The summed E-state index contributed by atoms with van der Waals surface area (Å²) < 4.78 is 1.34. The maximum atomic E-state index is 6.03. The Hall–Kier alpha value is 1.05. The normalized spacial score (nSPS) is 41.2. The van der Waals surface area contributed by atoms with Crippen LogP contribution in [0.1, 0.15) is 13.3 Å². The number of rotatable bonds is 0. The number of alkyl halides is 2. The molecule has 0 heterocycles. The van der Waals surface area contributed by atoms with Gasteiger partial charge < -0.3 is 0 Å². The lowest BCUT2D eigenvalue weighted by molar-refractivity contribution is 0.597. The average molecular weight is 291 g/mol. The first-order valence-corrected chi connectivity index (χ1v) is 5.21. The van der Waals surface area contributed by atoms with Crippen molar-refractivity contribution in [1.82, 2.24) is 0 Å².